The largest absolute Gasteiger partial charge is 0.322 e. The normalized spacial score (nSPS) is 12.3. The van der Waals surface area contributed by atoms with Crippen molar-refractivity contribution in [1.29, 1.82) is 0 Å². The van der Waals surface area contributed by atoms with Crippen molar-refractivity contribution in [3.05, 3.63) is 24.3 Å². The summed E-state index contributed by atoms with van der Waals surface area (Å²) in [4.78, 5) is 0. The van der Waals surface area contributed by atoms with E-state index in [9.17, 15) is 0 Å². The maximum atomic E-state index is 3.93. The van der Waals surface area contributed by atoms with Gasteiger partial charge in [0.1, 0.15) is 0 Å². The average Bonchev–Trinajstić information content (AvgIpc) is 1.84. The molecule has 0 aromatic rings. The quantitative estimate of drug-likeness (QED) is 0.437. The van der Waals surface area contributed by atoms with E-state index in [4.69, 9.17) is 0 Å². The van der Waals surface area contributed by atoms with Crippen LogP contribution in [0.3, 0.4) is 0 Å². The van der Waals surface area contributed by atoms with Crippen molar-refractivity contribution in [2.45, 2.75) is 20.3 Å². The minimum Gasteiger partial charge on any atom is -0.322 e. The molecule has 0 aromatic heterocycles. The summed E-state index contributed by atoms with van der Waals surface area (Å²) in [6, 6.07) is 0. The lowest BCUT2D eigenvalue weighted by atomic mass is 10.3. The summed E-state index contributed by atoms with van der Waals surface area (Å²) in [5.74, 6) is 0. The number of likely N-dealkylation sites (N-methyl/N-ethyl adjacent to an activating group) is 1. The van der Waals surface area contributed by atoms with Gasteiger partial charge in [0.15, 0.2) is 0 Å². The van der Waals surface area contributed by atoms with Crippen molar-refractivity contribution < 1.29 is 4.48 Å². The fraction of sp³-hybridized carbons (Fsp3) is 0.636. The lowest BCUT2D eigenvalue weighted by Gasteiger charge is -2.28. The molecule has 0 aliphatic heterocycles. The van der Waals surface area contributed by atoms with Gasteiger partial charge in [0.05, 0.1) is 27.2 Å². The van der Waals surface area contributed by atoms with Crippen molar-refractivity contribution in [2.75, 3.05) is 27.2 Å². The van der Waals surface area contributed by atoms with Crippen LogP contribution < -0.4 is 0 Å². The molecule has 0 aliphatic carbocycles. The number of quaternary nitrogens is 1. The van der Waals surface area contributed by atoms with E-state index in [0.29, 0.717) is 0 Å². The Morgan fingerprint density at radius 2 is 1.92 bits per heavy atom. The fourth-order valence-corrected chi connectivity index (χ4v) is 1.32. The average molecular weight is 168 g/mol. The Morgan fingerprint density at radius 3 is 2.33 bits per heavy atom. The summed E-state index contributed by atoms with van der Waals surface area (Å²) in [7, 11) is 4.46. The lowest BCUT2D eigenvalue weighted by Crippen LogP contribution is -2.40. The summed E-state index contributed by atoms with van der Waals surface area (Å²) in [5, 5.41) is 0. The Balaban J connectivity index is 3.86. The Morgan fingerprint density at radius 1 is 1.33 bits per heavy atom. The van der Waals surface area contributed by atoms with Crippen LogP contribution in [0, 0.1) is 0 Å². The van der Waals surface area contributed by atoms with Crippen LogP contribution in [-0.2, 0) is 0 Å². The lowest BCUT2D eigenvalue weighted by molar-refractivity contribution is -0.879. The molecule has 0 amide bonds. The SMILES string of the molecule is C=C(C)C[N+](C)(C)C/C=C/CC. The van der Waals surface area contributed by atoms with Gasteiger partial charge in [-0.15, -0.1) is 0 Å². The van der Waals surface area contributed by atoms with E-state index in [-0.39, 0.29) is 0 Å². The van der Waals surface area contributed by atoms with Crippen LogP contribution in [0.25, 0.3) is 0 Å². The predicted molar refractivity (Wildman–Crippen MR) is 56.1 cm³/mol. The molecule has 0 spiro atoms. The highest BCUT2D eigenvalue weighted by Crippen LogP contribution is 2.02. The molecule has 0 fully saturated rings. The molecule has 1 nitrogen and oxygen atoms in total. The molecule has 0 unspecified atom stereocenters. The molecule has 0 aromatic carbocycles. The van der Waals surface area contributed by atoms with Gasteiger partial charge in [0.2, 0.25) is 0 Å². The van der Waals surface area contributed by atoms with Gasteiger partial charge < -0.3 is 4.48 Å². The first-order valence-corrected chi connectivity index (χ1v) is 4.59. The summed E-state index contributed by atoms with van der Waals surface area (Å²) < 4.78 is 1.01. The molecule has 12 heavy (non-hydrogen) atoms. The van der Waals surface area contributed by atoms with Gasteiger partial charge in [0, 0.05) is 0 Å². The summed E-state index contributed by atoms with van der Waals surface area (Å²) in [6.45, 7) is 10.3. The van der Waals surface area contributed by atoms with Crippen molar-refractivity contribution >= 4 is 0 Å². The zero-order valence-electron chi connectivity index (χ0n) is 8.93. The molecular weight excluding hydrogens is 146 g/mol. The van der Waals surface area contributed by atoms with Gasteiger partial charge in [0.25, 0.3) is 0 Å². The molecular formula is C11H22N+. The van der Waals surface area contributed by atoms with Crippen molar-refractivity contribution in [2.24, 2.45) is 0 Å². The number of hydrogen-bond acceptors (Lipinski definition) is 0. The van der Waals surface area contributed by atoms with Crippen molar-refractivity contribution in [3.63, 3.8) is 0 Å². The predicted octanol–water partition coefficient (Wildman–Crippen LogP) is 2.61. The third-order valence-electron chi connectivity index (χ3n) is 1.70. The second-order valence-electron chi connectivity index (χ2n) is 4.11. The third-order valence-corrected chi connectivity index (χ3v) is 1.70. The van der Waals surface area contributed by atoms with Gasteiger partial charge >= 0.3 is 0 Å². The second kappa shape index (κ2) is 5.15. The minimum absolute atomic E-state index is 1.01. The highest BCUT2D eigenvalue weighted by Gasteiger charge is 2.11. The van der Waals surface area contributed by atoms with E-state index in [1.54, 1.807) is 0 Å². The molecule has 0 saturated carbocycles. The van der Waals surface area contributed by atoms with Crippen LogP contribution in [0.5, 0.6) is 0 Å². The Bertz CT molecular complexity index is 166. The van der Waals surface area contributed by atoms with E-state index in [2.05, 4.69) is 46.7 Å². The van der Waals surface area contributed by atoms with Gasteiger partial charge in [-0.05, 0) is 25.0 Å². The number of allylic oxidation sites excluding steroid dienone is 1. The summed E-state index contributed by atoms with van der Waals surface area (Å²) in [6.07, 6.45) is 5.61. The molecule has 0 N–H and O–H groups in total. The van der Waals surface area contributed by atoms with Crippen LogP contribution in [0.15, 0.2) is 24.3 Å². The summed E-state index contributed by atoms with van der Waals surface area (Å²) in [5.41, 5.74) is 1.25. The van der Waals surface area contributed by atoms with E-state index in [1.807, 2.05) is 0 Å². The topological polar surface area (TPSA) is 0 Å². The number of nitrogens with zero attached hydrogens (tertiary/aromatic N) is 1. The Kier molecular flexibility index (Phi) is 4.91. The van der Waals surface area contributed by atoms with Crippen LogP contribution in [0.1, 0.15) is 20.3 Å². The maximum Gasteiger partial charge on any atom is 0.0996 e. The molecule has 0 heterocycles. The highest BCUT2D eigenvalue weighted by molar-refractivity contribution is 4.88. The number of hydrogen-bond donors (Lipinski definition) is 0. The van der Waals surface area contributed by atoms with E-state index >= 15 is 0 Å². The third kappa shape index (κ3) is 6.17. The van der Waals surface area contributed by atoms with Gasteiger partial charge in [-0.2, -0.15) is 0 Å². The van der Waals surface area contributed by atoms with Crippen LogP contribution >= 0.6 is 0 Å². The zero-order chi connectivity index (χ0) is 9.61. The van der Waals surface area contributed by atoms with Crippen LogP contribution in [-0.4, -0.2) is 31.7 Å². The first-order valence-electron chi connectivity index (χ1n) is 4.59. The van der Waals surface area contributed by atoms with Gasteiger partial charge in [-0.3, -0.25) is 0 Å². The highest BCUT2D eigenvalue weighted by atomic mass is 15.3. The molecule has 0 saturated heterocycles. The molecule has 1 heteroatoms. The first kappa shape index (κ1) is 11.4. The van der Waals surface area contributed by atoms with E-state index in [0.717, 1.165) is 24.0 Å². The van der Waals surface area contributed by atoms with E-state index in [1.165, 1.54) is 5.57 Å². The van der Waals surface area contributed by atoms with Crippen molar-refractivity contribution in [1.82, 2.24) is 0 Å². The molecule has 70 valence electrons. The Hall–Kier alpha value is -0.560. The zero-order valence-corrected chi connectivity index (χ0v) is 8.93. The molecule has 0 bridgehead atoms. The number of rotatable bonds is 5. The van der Waals surface area contributed by atoms with Gasteiger partial charge in [-0.1, -0.05) is 19.6 Å². The van der Waals surface area contributed by atoms with Crippen molar-refractivity contribution in [3.8, 4) is 0 Å². The van der Waals surface area contributed by atoms with Crippen LogP contribution in [0.2, 0.25) is 0 Å². The monoisotopic (exact) mass is 168 g/mol. The maximum absolute atomic E-state index is 3.93. The minimum atomic E-state index is 1.01. The van der Waals surface area contributed by atoms with Gasteiger partial charge in [-0.25, -0.2) is 0 Å². The smallest absolute Gasteiger partial charge is 0.0996 e. The summed E-state index contributed by atoms with van der Waals surface area (Å²) >= 11 is 0. The first-order chi connectivity index (χ1) is 5.48. The standard InChI is InChI=1S/C11H22N/c1-6-7-8-9-12(4,5)10-11(2)3/h7-8H,2,6,9-10H2,1,3-5H3/q+1/b8-7+. The van der Waals surface area contributed by atoms with E-state index < -0.39 is 0 Å². The molecule has 0 aliphatic rings. The van der Waals surface area contributed by atoms with Crippen LogP contribution in [0.4, 0.5) is 0 Å². The Labute approximate surface area is 77.0 Å². The molecule has 0 atom stereocenters. The fourth-order valence-electron chi connectivity index (χ4n) is 1.32. The molecule has 0 radical (unpaired) electrons. The molecule has 0 rings (SSSR count). The second-order valence-corrected chi connectivity index (χ2v) is 4.11.